The molecule has 6 nitrogen and oxygen atoms in total. The summed E-state index contributed by atoms with van der Waals surface area (Å²) in [6.45, 7) is 8.29. The molecular weight excluding hydrogens is 420 g/mol. The summed E-state index contributed by atoms with van der Waals surface area (Å²) in [5, 5.41) is 9.52. The van der Waals surface area contributed by atoms with Crippen LogP contribution in [0.15, 0.2) is 53.7 Å². The second-order valence-electron chi connectivity index (χ2n) is 8.46. The van der Waals surface area contributed by atoms with Crippen molar-refractivity contribution in [3.05, 3.63) is 65.5 Å². The lowest BCUT2D eigenvalue weighted by atomic mass is 10.0. The number of hydrogen-bond acceptors (Lipinski definition) is 5. The van der Waals surface area contributed by atoms with Gasteiger partial charge >= 0.3 is 0 Å². The van der Waals surface area contributed by atoms with Crippen molar-refractivity contribution in [1.29, 1.82) is 0 Å². The minimum absolute atomic E-state index is 0.164. The highest BCUT2D eigenvalue weighted by atomic mass is 32.2. The van der Waals surface area contributed by atoms with Crippen molar-refractivity contribution >= 4 is 17.7 Å². The topological polar surface area (TPSA) is 60.3 Å². The van der Waals surface area contributed by atoms with Crippen LogP contribution in [0.5, 0.6) is 5.75 Å². The molecule has 3 aromatic rings. The molecule has 1 aromatic heterocycles. The van der Waals surface area contributed by atoms with E-state index in [4.69, 9.17) is 4.74 Å². The van der Waals surface area contributed by atoms with E-state index in [1.165, 1.54) is 18.2 Å². The zero-order valence-corrected chi connectivity index (χ0v) is 19.8. The average molecular weight is 451 g/mol. The molecule has 1 aliphatic heterocycles. The van der Waals surface area contributed by atoms with E-state index in [9.17, 15) is 4.79 Å². The van der Waals surface area contributed by atoms with Crippen LogP contribution in [0, 0.1) is 19.8 Å². The standard InChI is InChI=1S/C25H30N4O2S/c1-18-9-8-14-28(15-18)23(30)17-32-25-27-26-22(29(25)21-12-5-4-6-13-21)16-31-24-19(2)10-7-11-20(24)3/h4-7,10-13,18H,8-9,14-17H2,1-3H3. The average Bonchev–Trinajstić information content (AvgIpc) is 3.20. The molecule has 0 aliphatic carbocycles. The molecule has 0 saturated carbocycles. The third-order valence-electron chi connectivity index (χ3n) is 5.80. The number of likely N-dealkylation sites (tertiary alicyclic amines) is 1. The molecular formula is C25H30N4O2S. The van der Waals surface area contributed by atoms with E-state index < -0.39 is 0 Å². The van der Waals surface area contributed by atoms with E-state index in [0.29, 0.717) is 29.3 Å². The quantitative estimate of drug-likeness (QED) is 0.483. The van der Waals surface area contributed by atoms with Crippen molar-refractivity contribution in [3.8, 4) is 11.4 Å². The highest BCUT2D eigenvalue weighted by molar-refractivity contribution is 7.99. The maximum absolute atomic E-state index is 12.8. The van der Waals surface area contributed by atoms with Crippen molar-refractivity contribution in [2.75, 3.05) is 18.8 Å². The van der Waals surface area contributed by atoms with Crippen molar-refractivity contribution in [1.82, 2.24) is 19.7 Å². The lowest BCUT2D eigenvalue weighted by molar-refractivity contribution is -0.130. The summed E-state index contributed by atoms with van der Waals surface area (Å²) in [6.07, 6.45) is 2.28. The van der Waals surface area contributed by atoms with Gasteiger partial charge < -0.3 is 9.64 Å². The van der Waals surface area contributed by atoms with Gasteiger partial charge in [-0.1, -0.05) is 55.1 Å². The van der Waals surface area contributed by atoms with Crippen molar-refractivity contribution in [2.24, 2.45) is 5.92 Å². The van der Waals surface area contributed by atoms with Gasteiger partial charge in [-0.2, -0.15) is 0 Å². The summed E-state index contributed by atoms with van der Waals surface area (Å²) in [6, 6.07) is 16.1. The van der Waals surface area contributed by atoms with E-state index in [1.807, 2.05) is 71.8 Å². The molecule has 0 N–H and O–H groups in total. The van der Waals surface area contributed by atoms with Crippen LogP contribution in [-0.2, 0) is 11.4 Å². The van der Waals surface area contributed by atoms with Gasteiger partial charge in [0, 0.05) is 18.8 Å². The fraction of sp³-hybridized carbons (Fsp3) is 0.400. The van der Waals surface area contributed by atoms with Crippen LogP contribution in [0.2, 0.25) is 0 Å². The predicted molar refractivity (Wildman–Crippen MR) is 127 cm³/mol. The molecule has 2 aromatic carbocycles. The number of aryl methyl sites for hydroxylation is 2. The highest BCUT2D eigenvalue weighted by Gasteiger charge is 2.22. The zero-order chi connectivity index (χ0) is 22.5. The Morgan fingerprint density at radius 3 is 2.56 bits per heavy atom. The summed E-state index contributed by atoms with van der Waals surface area (Å²) in [5.41, 5.74) is 3.14. The van der Waals surface area contributed by atoms with Crippen molar-refractivity contribution < 1.29 is 9.53 Å². The number of aromatic nitrogens is 3. The summed E-state index contributed by atoms with van der Waals surface area (Å²) in [4.78, 5) is 14.8. The lowest BCUT2D eigenvalue weighted by Gasteiger charge is -2.30. The van der Waals surface area contributed by atoms with Crippen LogP contribution >= 0.6 is 11.8 Å². The summed E-state index contributed by atoms with van der Waals surface area (Å²) < 4.78 is 8.14. The molecule has 1 saturated heterocycles. The van der Waals surface area contributed by atoms with Gasteiger partial charge in [0.1, 0.15) is 12.4 Å². The molecule has 1 aliphatic rings. The van der Waals surface area contributed by atoms with Crippen LogP contribution in [0.1, 0.15) is 36.7 Å². The molecule has 0 bridgehead atoms. The summed E-state index contributed by atoms with van der Waals surface area (Å²) in [7, 11) is 0. The first-order valence-corrected chi connectivity index (χ1v) is 12.1. The molecule has 168 valence electrons. The number of benzene rings is 2. The molecule has 4 rings (SSSR count). The Labute approximate surface area is 194 Å². The normalized spacial score (nSPS) is 16.2. The number of rotatable bonds is 7. The summed E-state index contributed by atoms with van der Waals surface area (Å²) >= 11 is 1.44. The lowest BCUT2D eigenvalue weighted by Crippen LogP contribution is -2.40. The first kappa shape index (κ1) is 22.4. The number of amides is 1. The number of para-hydroxylation sites is 2. The van der Waals surface area contributed by atoms with E-state index in [2.05, 4.69) is 17.1 Å². The molecule has 7 heteroatoms. The summed E-state index contributed by atoms with van der Waals surface area (Å²) in [5.74, 6) is 2.67. The van der Waals surface area contributed by atoms with Crippen LogP contribution in [-0.4, -0.2) is 44.4 Å². The van der Waals surface area contributed by atoms with Gasteiger partial charge in [-0.05, 0) is 55.9 Å². The Kier molecular flexibility index (Phi) is 7.15. The Morgan fingerprint density at radius 2 is 1.84 bits per heavy atom. The predicted octanol–water partition coefficient (Wildman–Crippen LogP) is 4.81. The molecule has 1 atom stereocenters. The Balaban J connectivity index is 1.52. The highest BCUT2D eigenvalue weighted by Crippen LogP contribution is 2.26. The molecule has 0 radical (unpaired) electrons. The van der Waals surface area contributed by atoms with E-state index in [-0.39, 0.29) is 5.91 Å². The van der Waals surface area contributed by atoms with Gasteiger partial charge in [0.15, 0.2) is 11.0 Å². The first-order valence-electron chi connectivity index (χ1n) is 11.1. The zero-order valence-electron chi connectivity index (χ0n) is 19.0. The van der Waals surface area contributed by atoms with Gasteiger partial charge in [0.25, 0.3) is 0 Å². The minimum atomic E-state index is 0.164. The van der Waals surface area contributed by atoms with Gasteiger partial charge in [-0.25, -0.2) is 0 Å². The van der Waals surface area contributed by atoms with Gasteiger partial charge in [0.05, 0.1) is 5.75 Å². The second-order valence-corrected chi connectivity index (χ2v) is 9.40. The van der Waals surface area contributed by atoms with E-state index >= 15 is 0 Å². The fourth-order valence-corrected chi connectivity index (χ4v) is 4.99. The third kappa shape index (κ3) is 5.15. The number of nitrogens with zero attached hydrogens (tertiary/aromatic N) is 4. The Morgan fingerprint density at radius 1 is 1.09 bits per heavy atom. The van der Waals surface area contributed by atoms with Crippen molar-refractivity contribution in [3.63, 3.8) is 0 Å². The smallest absolute Gasteiger partial charge is 0.233 e. The molecule has 2 heterocycles. The first-order chi connectivity index (χ1) is 15.5. The van der Waals surface area contributed by atoms with Crippen LogP contribution in [0.4, 0.5) is 0 Å². The van der Waals surface area contributed by atoms with Crippen LogP contribution < -0.4 is 4.74 Å². The number of ether oxygens (including phenoxy) is 1. The molecule has 32 heavy (non-hydrogen) atoms. The fourth-order valence-electron chi connectivity index (χ4n) is 4.12. The van der Waals surface area contributed by atoms with Gasteiger partial charge in [-0.3, -0.25) is 9.36 Å². The number of carbonyl (C=O) groups is 1. The minimum Gasteiger partial charge on any atom is -0.485 e. The Hall–Kier alpha value is -2.80. The van der Waals surface area contributed by atoms with Gasteiger partial charge in [0.2, 0.25) is 5.91 Å². The monoisotopic (exact) mass is 450 g/mol. The van der Waals surface area contributed by atoms with Crippen LogP contribution in [0.3, 0.4) is 0 Å². The SMILES string of the molecule is Cc1cccc(C)c1OCc1nnc(SCC(=O)N2CCCC(C)C2)n1-c1ccccc1. The van der Waals surface area contributed by atoms with Crippen molar-refractivity contribution in [2.45, 2.75) is 45.4 Å². The molecule has 1 amide bonds. The molecule has 1 fully saturated rings. The maximum Gasteiger partial charge on any atom is 0.233 e. The number of thioether (sulfide) groups is 1. The van der Waals surface area contributed by atoms with Crippen LogP contribution in [0.25, 0.3) is 5.69 Å². The maximum atomic E-state index is 12.8. The molecule has 0 spiro atoms. The number of carbonyl (C=O) groups excluding carboxylic acids is 1. The van der Waals surface area contributed by atoms with E-state index in [1.54, 1.807) is 0 Å². The number of hydrogen-bond donors (Lipinski definition) is 0. The molecule has 1 unspecified atom stereocenters. The Bertz CT molecular complexity index is 1050. The largest absolute Gasteiger partial charge is 0.485 e. The van der Waals surface area contributed by atoms with Gasteiger partial charge in [-0.15, -0.1) is 10.2 Å². The third-order valence-corrected chi connectivity index (χ3v) is 6.72. The second kappa shape index (κ2) is 10.2. The van der Waals surface area contributed by atoms with E-state index in [0.717, 1.165) is 42.1 Å². The number of piperidine rings is 1.